The number of aromatic amines is 2. The number of nitrogens with one attached hydrogen (secondary N) is 4. The normalized spacial score (nSPS) is 17.7. The summed E-state index contributed by atoms with van der Waals surface area (Å²) in [4.78, 5) is 48.0. The van der Waals surface area contributed by atoms with Gasteiger partial charge in [-0.1, -0.05) is 36.4 Å². The number of rotatable bonds is 12. The van der Waals surface area contributed by atoms with Gasteiger partial charge < -0.3 is 31.2 Å². The van der Waals surface area contributed by atoms with Crippen molar-refractivity contribution in [2.45, 2.75) is 25.3 Å². The third-order valence-corrected chi connectivity index (χ3v) is 8.64. The highest BCUT2D eigenvalue weighted by molar-refractivity contribution is 7.98. The van der Waals surface area contributed by atoms with Crippen LogP contribution in [0.3, 0.4) is 0 Å². The van der Waals surface area contributed by atoms with Crippen molar-refractivity contribution in [3.05, 3.63) is 72.1 Å². The zero-order valence-electron chi connectivity index (χ0n) is 23.3. The predicted octanol–water partition coefficient (Wildman–Crippen LogP) is 2.82. The molecule has 216 valence electrons. The maximum atomic E-state index is 13.4. The summed E-state index contributed by atoms with van der Waals surface area (Å²) < 4.78 is 0. The summed E-state index contributed by atoms with van der Waals surface area (Å²) in [6.07, 6.45) is 7.78. The minimum Gasteiger partial charge on any atom is -0.361 e. The number of carbonyl (C=O) groups is 3. The van der Waals surface area contributed by atoms with Crippen molar-refractivity contribution in [1.29, 1.82) is 0 Å². The van der Waals surface area contributed by atoms with Crippen molar-refractivity contribution in [2.75, 3.05) is 38.2 Å². The molecule has 0 unspecified atom stereocenters. The number of amides is 3. The Labute approximate surface area is 244 Å². The van der Waals surface area contributed by atoms with E-state index in [0.29, 0.717) is 32.4 Å². The van der Waals surface area contributed by atoms with Crippen LogP contribution >= 0.6 is 11.8 Å². The number of thioether (sulfide) groups is 1. The third kappa shape index (κ3) is 6.60. The van der Waals surface area contributed by atoms with Crippen LogP contribution in [0.2, 0.25) is 0 Å². The lowest BCUT2D eigenvalue weighted by Gasteiger charge is -2.20. The smallest absolute Gasteiger partial charge is 0.239 e. The predicted molar refractivity (Wildman–Crippen MR) is 165 cm³/mol. The molecule has 0 aliphatic carbocycles. The molecule has 1 fully saturated rings. The number of carbonyl (C=O) groups excluding carboxylic acids is 3. The van der Waals surface area contributed by atoms with Gasteiger partial charge in [0, 0.05) is 60.4 Å². The molecule has 1 saturated heterocycles. The zero-order chi connectivity index (χ0) is 28.8. The summed E-state index contributed by atoms with van der Waals surface area (Å²) in [6.45, 7) is 1.25. The van der Waals surface area contributed by atoms with Gasteiger partial charge in [0.25, 0.3) is 0 Å². The van der Waals surface area contributed by atoms with Crippen molar-refractivity contribution in [3.63, 3.8) is 0 Å². The Morgan fingerprint density at radius 1 is 0.878 bits per heavy atom. The number of hydrogen-bond donors (Lipinski definition) is 5. The molecule has 3 amide bonds. The topological polar surface area (TPSA) is 136 Å². The van der Waals surface area contributed by atoms with Gasteiger partial charge in [-0.3, -0.25) is 14.4 Å². The molecule has 9 nitrogen and oxygen atoms in total. The van der Waals surface area contributed by atoms with Crippen LogP contribution in [-0.4, -0.2) is 76.8 Å². The highest BCUT2D eigenvalue weighted by Crippen LogP contribution is 2.26. The Kier molecular flexibility index (Phi) is 9.31. The van der Waals surface area contributed by atoms with Gasteiger partial charge >= 0.3 is 0 Å². The van der Waals surface area contributed by atoms with E-state index in [-0.39, 0.29) is 30.8 Å². The lowest BCUT2D eigenvalue weighted by molar-refractivity contribution is -0.132. The summed E-state index contributed by atoms with van der Waals surface area (Å²) in [6, 6.07) is 15.5. The molecule has 0 radical (unpaired) electrons. The maximum Gasteiger partial charge on any atom is 0.239 e. The molecule has 5 rings (SSSR count). The van der Waals surface area contributed by atoms with E-state index < -0.39 is 17.9 Å². The molecule has 41 heavy (non-hydrogen) atoms. The standard InChI is InChI=1S/C31H38N6O3S/c1-41-15-12-26(32)31(40)37-18-24(29(38)33-13-10-20-16-35-27-8-4-2-6-22(20)27)25(19-37)30(39)34-14-11-21-17-36-28-9-5-3-7-23(21)28/h2-9,16-17,24-26,35-36H,10-15,18-19,32H2,1H3,(H,33,38)(H,34,39)/t24-,25-,26+/m1/s1. The van der Waals surface area contributed by atoms with E-state index >= 15 is 0 Å². The van der Waals surface area contributed by atoms with Crippen LogP contribution in [0, 0.1) is 11.8 Å². The van der Waals surface area contributed by atoms with Gasteiger partial charge in [0.05, 0.1) is 17.9 Å². The number of benzene rings is 2. The van der Waals surface area contributed by atoms with E-state index in [1.807, 2.05) is 55.0 Å². The van der Waals surface area contributed by atoms with Gasteiger partial charge in [-0.05, 0) is 54.5 Å². The molecule has 3 heterocycles. The fraction of sp³-hybridized carbons (Fsp3) is 0.387. The van der Waals surface area contributed by atoms with E-state index in [9.17, 15) is 14.4 Å². The lowest BCUT2D eigenvalue weighted by Crippen LogP contribution is -2.44. The molecule has 3 atom stereocenters. The molecule has 0 bridgehead atoms. The van der Waals surface area contributed by atoms with E-state index in [1.165, 1.54) is 0 Å². The minimum atomic E-state index is -0.642. The SMILES string of the molecule is CSCC[C@H](N)C(=O)N1C[C@@H](C(=O)NCCc2c[nH]c3ccccc23)[C@H](C(=O)NCCc2c[nH]c3ccccc23)C1. The summed E-state index contributed by atoms with van der Waals surface area (Å²) in [5.41, 5.74) is 10.5. The summed E-state index contributed by atoms with van der Waals surface area (Å²) in [5, 5.41) is 8.31. The molecule has 0 saturated carbocycles. The average Bonchev–Trinajstić information content (AvgIpc) is 3.73. The molecular formula is C31H38N6O3S. The van der Waals surface area contributed by atoms with Crippen molar-refractivity contribution in [2.24, 2.45) is 17.6 Å². The van der Waals surface area contributed by atoms with Gasteiger partial charge in [0.2, 0.25) is 17.7 Å². The van der Waals surface area contributed by atoms with E-state index in [1.54, 1.807) is 16.7 Å². The van der Waals surface area contributed by atoms with Crippen LogP contribution < -0.4 is 16.4 Å². The van der Waals surface area contributed by atoms with Crippen LogP contribution in [0.5, 0.6) is 0 Å². The minimum absolute atomic E-state index is 0.186. The first-order valence-electron chi connectivity index (χ1n) is 14.1. The number of fused-ring (bicyclic) bond motifs is 2. The third-order valence-electron chi connectivity index (χ3n) is 7.99. The Hall–Kier alpha value is -3.76. The quantitative estimate of drug-likeness (QED) is 0.177. The average molecular weight is 575 g/mol. The monoisotopic (exact) mass is 574 g/mol. The van der Waals surface area contributed by atoms with Crippen molar-refractivity contribution in [1.82, 2.24) is 25.5 Å². The molecule has 1 aliphatic rings. The second-order valence-electron chi connectivity index (χ2n) is 10.6. The first kappa shape index (κ1) is 28.8. The van der Waals surface area contributed by atoms with Crippen molar-refractivity contribution >= 4 is 51.3 Å². The number of hydrogen-bond acceptors (Lipinski definition) is 5. The molecule has 2 aromatic heterocycles. The maximum absolute atomic E-state index is 13.4. The largest absolute Gasteiger partial charge is 0.361 e. The zero-order valence-corrected chi connectivity index (χ0v) is 24.1. The van der Waals surface area contributed by atoms with Crippen LogP contribution in [0.4, 0.5) is 0 Å². The summed E-state index contributed by atoms with van der Waals surface area (Å²) >= 11 is 1.63. The van der Waals surface area contributed by atoms with Crippen LogP contribution in [0.15, 0.2) is 60.9 Å². The van der Waals surface area contributed by atoms with Crippen molar-refractivity contribution in [3.8, 4) is 0 Å². The first-order chi connectivity index (χ1) is 20.0. The summed E-state index contributed by atoms with van der Waals surface area (Å²) in [7, 11) is 0. The second kappa shape index (κ2) is 13.3. The lowest BCUT2D eigenvalue weighted by atomic mass is 9.94. The highest BCUT2D eigenvalue weighted by atomic mass is 32.2. The Morgan fingerprint density at radius 3 is 1.85 bits per heavy atom. The Bertz CT molecular complexity index is 1410. The molecule has 0 spiro atoms. The van der Waals surface area contributed by atoms with E-state index in [2.05, 4.69) is 32.7 Å². The number of nitrogens with two attached hydrogens (primary N) is 1. The molecule has 4 aromatic rings. The van der Waals surface area contributed by atoms with Crippen molar-refractivity contribution < 1.29 is 14.4 Å². The van der Waals surface area contributed by atoms with Gasteiger partial charge in [-0.25, -0.2) is 0 Å². The molecule has 2 aromatic carbocycles. The Morgan fingerprint density at radius 2 is 1.37 bits per heavy atom. The second-order valence-corrected chi connectivity index (χ2v) is 11.6. The molecule has 6 N–H and O–H groups in total. The van der Waals surface area contributed by atoms with Gasteiger partial charge in [0.1, 0.15) is 0 Å². The number of nitrogens with zero attached hydrogens (tertiary/aromatic N) is 1. The highest BCUT2D eigenvalue weighted by Gasteiger charge is 2.44. The fourth-order valence-electron chi connectivity index (χ4n) is 5.70. The summed E-state index contributed by atoms with van der Waals surface area (Å²) in [5.74, 6) is -1.13. The first-order valence-corrected chi connectivity index (χ1v) is 15.5. The van der Waals surface area contributed by atoms with E-state index in [4.69, 9.17) is 5.73 Å². The Balaban J connectivity index is 1.22. The fourth-order valence-corrected chi connectivity index (χ4v) is 6.19. The van der Waals surface area contributed by atoms with Gasteiger partial charge in [-0.15, -0.1) is 0 Å². The van der Waals surface area contributed by atoms with E-state index in [0.717, 1.165) is 38.7 Å². The van der Waals surface area contributed by atoms with Crippen LogP contribution in [0.25, 0.3) is 21.8 Å². The number of aromatic nitrogens is 2. The number of para-hydroxylation sites is 2. The number of H-pyrrole nitrogens is 2. The van der Waals surface area contributed by atoms with Gasteiger partial charge in [-0.2, -0.15) is 11.8 Å². The molecule has 10 heteroatoms. The van der Waals surface area contributed by atoms with Crippen LogP contribution in [0.1, 0.15) is 17.5 Å². The van der Waals surface area contributed by atoms with Crippen LogP contribution in [-0.2, 0) is 27.2 Å². The van der Waals surface area contributed by atoms with Gasteiger partial charge in [0.15, 0.2) is 0 Å². The molecule has 1 aliphatic heterocycles. The molecular weight excluding hydrogens is 536 g/mol. The number of likely N-dealkylation sites (tertiary alicyclic amines) is 1.